The van der Waals surface area contributed by atoms with E-state index in [1.54, 1.807) is 0 Å². The summed E-state index contributed by atoms with van der Waals surface area (Å²) in [7, 11) is 0. The molecule has 0 unspecified atom stereocenters. The molecule has 9 heteroatoms. The average Bonchev–Trinajstić information content (AvgIpc) is 2.49. The van der Waals surface area contributed by atoms with E-state index in [0.29, 0.717) is 0 Å². The van der Waals surface area contributed by atoms with Crippen molar-refractivity contribution in [2.45, 2.75) is 0 Å². The van der Waals surface area contributed by atoms with Crippen molar-refractivity contribution >= 4 is 23.0 Å². The molecule has 1 aromatic carbocycles. The summed E-state index contributed by atoms with van der Waals surface area (Å²) in [5.74, 6) is 3.76. The SMILES string of the molecule is NNc1ccncc1C(=O)Nc1cc([N+](=O)[O-])ccc1F. The highest BCUT2D eigenvalue weighted by Crippen LogP contribution is 2.22. The van der Waals surface area contributed by atoms with E-state index < -0.39 is 16.6 Å². The Kier molecular flexibility index (Phi) is 4.05. The Morgan fingerprint density at radius 1 is 1.33 bits per heavy atom. The van der Waals surface area contributed by atoms with Crippen molar-refractivity contribution in [1.82, 2.24) is 4.98 Å². The molecule has 8 nitrogen and oxygen atoms in total. The van der Waals surface area contributed by atoms with Gasteiger partial charge in [-0.25, -0.2) is 4.39 Å². The summed E-state index contributed by atoms with van der Waals surface area (Å²) in [6, 6.07) is 4.29. The van der Waals surface area contributed by atoms with Crippen molar-refractivity contribution in [3.8, 4) is 0 Å². The Hall–Kier alpha value is -3.07. The number of amides is 1. The number of aromatic nitrogens is 1. The van der Waals surface area contributed by atoms with E-state index in [0.717, 1.165) is 18.2 Å². The van der Waals surface area contributed by atoms with Crippen LogP contribution in [-0.2, 0) is 0 Å². The number of benzene rings is 1. The van der Waals surface area contributed by atoms with Crippen LogP contribution in [0.25, 0.3) is 0 Å². The van der Waals surface area contributed by atoms with Gasteiger partial charge in [0.2, 0.25) is 0 Å². The predicted molar refractivity (Wildman–Crippen MR) is 73.1 cm³/mol. The molecule has 1 heterocycles. The van der Waals surface area contributed by atoms with Crippen LogP contribution in [0, 0.1) is 15.9 Å². The van der Waals surface area contributed by atoms with Gasteiger partial charge in [0.1, 0.15) is 5.82 Å². The van der Waals surface area contributed by atoms with Crippen LogP contribution in [-0.4, -0.2) is 15.8 Å². The van der Waals surface area contributed by atoms with E-state index >= 15 is 0 Å². The first kappa shape index (κ1) is 14.3. The molecule has 2 rings (SSSR count). The van der Waals surface area contributed by atoms with Gasteiger partial charge >= 0.3 is 0 Å². The Morgan fingerprint density at radius 2 is 2.10 bits per heavy atom. The molecule has 0 aliphatic heterocycles. The maximum absolute atomic E-state index is 13.6. The highest BCUT2D eigenvalue weighted by molar-refractivity contribution is 6.07. The fourth-order valence-corrected chi connectivity index (χ4v) is 1.61. The number of hydrogen-bond donors (Lipinski definition) is 3. The molecule has 0 radical (unpaired) electrons. The topological polar surface area (TPSA) is 123 Å². The summed E-state index contributed by atoms with van der Waals surface area (Å²) in [6.45, 7) is 0. The minimum absolute atomic E-state index is 0.0749. The zero-order chi connectivity index (χ0) is 15.4. The van der Waals surface area contributed by atoms with Crippen molar-refractivity contribution in [3.63, 3.8) is 0 Å². The molecular formula is C12H10FN5O3. The van der Waals surface area contributed by atoms with Gasteiger partial charge in [-0.05, 0) is 12.1 Å². The third kappa shape index (κ3) is 3.09. The zero-order valence-corrected chi connectivity index (χ0v) is 10.5. The Labute approximate surface area is 117 Å². The van der Waals surface area contributed by atoms with Gasteiger partial charge in [0, 0.05) is 24.5 Å². The number of nitrogens with two attached hydrogens (primary N) is 1. The molecule has 0 bridgehead atoms. The minimum atomic E-state index is -0.792. The van der Waals surface area contributed by atoms with Crippen molar-refractivity contribution < 1.29 is 14.1 Å². The fourth-order valence-electron chi connectivity index (χ4n) is 1.61. The lowest BCUT2D eigenvalue weighted by Crippen LogP contribution is -2.18. The van der Waals surface area contributed by atoms with Crippen LogP contribution < -0.4 is 16.6 Å². The molecule has 4 N–H and O–H groups in total. The normalized spacial score (nSPS) is 10.0. The molecule has 1 amide bonds. The van der Waals surface area contributed by atoms with Gasteiger partial charge < -0.3 is 10.7 Å². The summed E-state index contributed by atoms with van der Waals surface area (Å²) >= 11 is 0. The Balaban J connectivity index is 2.31. The number of carbonyl (C=O) groups excluding carboxylic acids is 1. The molecule has 0 aliphatic rings. The summed E-state index contributed by atoms with van der Waals surface area (Å²) in [4.78, 5) is 25.8. The number of halogens is 1. The van der Waals surface area contributed by atoms with Crippen LogP contribution in [0.3, 0.4) is 0 Å². The molecule has 0 aliphatic carbocycles. The van der Waals surface area contributed by atoms with Crippen molar-refractivity contribution in [2.24, 2.45) is 5.84 Å². The number of carbonyl (C=O) groups is 1. The fraction of sp³-hybridized carbons (Fsp3) is 0. The van der Waals surface area contributed by atoms with Crippen LogP contribution in [0.4, 0.5) is 21.5 Å². The number of anilines is 2. The maximum Gasteiger partial charge on any atom is 0.271 e. The third-order valence-corrected chi connectivity index (χ3v) is 2.63. The Bertz CT molecular complexity index is 707. The molecule has 108 valence electrons. The number of nitrogen functional groups attached to an aromatic ring is 1. The summed E-state index contributed by atoms with van der Waals surface area (Å²) in [5.41, 5.74) is 2.02. The number of nitrogens with one attached hydrogen (secondary N) is 2. The first-order chi connectivity index (χ1) is 10.0. The average molecular weight is 291 g/mol. The van der Waals surface area contributed by atoms with Gasteiger partial charge in [0.25, 0.3) is 11.6 Å². The number of rotatable bonds is 4. The molecule has 0 saturated heterocycles. The van der Waals surface area contributed by atoms with Gasteiger partial charge in [-0.2, -0.15) is 0 Å². The van der Waals surface area contributed by atoms with E-state index in [4.69, 9.17) is 5.84 Å². The highest BCUT2D eigenvalue weighted by Gasteiger charge is 2.16. The van der Waals surface area contributed by atoms with Crippen LogP contribution in [0.15, 0.2) is 36.7 Å². The third-order valence-electron chi connectivity index (χ3n) is 2.63. The molecule has 1 aromatic heterocycles. The molecule has 2 aromatic rings. The van der Waals surface area contributed by atoms with Crippen LogP contribution in [0.5, 0.6) is 0 Å². The first-order valence-corrected chi connectivity index (χ1v) is 5.69. The van der Waals surface area contributed by atoms with Crippen molar-refractivity contribution in [1.29, 1.82) is 0 Å². The number of nitro groups is 1. The molecular weight excluding hydrogens is 281 g/mol. The van der Waals surface area contributed by atoms with E-state index in [1.807, 2.05) is 0 Å². The number of nitrogens with zero attached hydrogens (tertiary/aromatic N) is 2. The number of nitro benzene ring substituents is 1. The lowest BCUT2D eigenvalue weighted by atomic mass is 10.2. The molecule has 0 saturated carbocycles. The standard InChI is InChI=1S/C12H10FN5O3/c13-9-2-1-7(18(20)21)5-11(9)16-12(19)8-6-15-4-3-10(8)17-14/h1-6H,14H2,(H,15,17)(H,16,19). The summed E-state index contributed by atoms with van der Waals surface area (Å²) in [6.07, 6.45) is 2.65. The van der Waals surface area contributed by atoms with Gasteiger partial charge in [0.05, 0.1) is 21.9 Å². The van der Waals surface area contributed by atoms with Crippen LogP contribution >= 0.6 is 0 Å². The Morgan fingerprint density at radius 3 is 2.76 bits per heavy atom. The first-order valence-electron chi connectivity index (χ1n) is 5.69. The monoisotopic (exact) mass is 291 g/mol. The number of hydrazine groups is 1. The van der Waals surface area contributed by atoms with Gasteiger partial charge in [-0.3, -0.25) is 25.7 Å². The van der Waals surface area contributed by atoms with Crippen LogP contribution in [0.1, 0.15) is 10.4 Å². The van der Waals surface area contributed by atoms with E-state index in [-0.39, 0.29) is 22.6 Å². The number of non-ortho nitro benzene ring substituents is 1. The minimum Gasteiger partial charge on any atom is -0.323 e. The lowest BCUT2D eigenvalue weighted by Gasteiger charge is -2.09. The second kappa shape index (κ2) is 5.92. The number of pyridine rings is 1. The van der Waals surface area contributed by atoms with Crippen LogP contribution in [0.2, 0.25) is 0 Å². The molecule has 21 heavy (non-hydrogen) atoms. The molecule has 0 spiro atoms. The van der Waals surface area contributed by atoms with Gasteiger partial charge in [-0.1, -0.05) is 0 Å². The predicted octanol–water partition coefficient (Wildman–Crippen LogP) is 1.67. The summed E-state index contributed by atoms with van der Waals surface area (Å²) in [5, 5.41) is 12.9. The number of hydrogen-bond acceptors (Lipinski definition) is 6. The molecule has 0 atom stereocenters. The quantitative estimate of drug-likeness (QED) is 0.447. The van der Waals surface area contributed by atoms with E-state index in [9.17, 15) is 19.3 Å². The van der Waals surface area contributed by atoms with Gasteiger partial charge in [0.15, 0.2) is 0 Å². The zero-order valence-electron chi connectivity index (χ0n) is 10.5. The smallest absolute Gasteiger partial charge is 0.271 e. The highest BCUT2D eigenvalue weighted by atomic mass is 19.1. The summed E-state index contributed by atoms with van der Waals surface area (Å²) < 4.78 is 13.6. The van der Waals surface area contributed by atoms with Crippen molar-refractivity contribution in [2.75, 3.05) is 10.7 Å². The largest absolute Gasteiger partial charge is 0.323 e. The second-order valence-corrected chi connectivity index (χ2v) is 3.94. The molecule has 0 fully saturated rings. The van der Waals surface area contributed by atoms with E-state index in [2.05, 4.69) is 15.7 Å². The second-order valence-electron chi connectivity index (χ2n) is 3.94. The maximum atomic E-state index is 13.6. The van der Waals surface area contributed by atoms with E-state index in [1.165, 1.54) is 18.5 Å². The van der Waals surface area contributed by atoms with Crippen molar-refractivity contribution in [3.05, 3.63) is 58.2 Å². The lowest BCUT2D eigenvalue weighted by molar-refractivity contribution is -0.384. The van der Waals surface area contributed by atoms with Gasteiger partial charge in [-0.15, -0.1) is 0 Å².